The molecule has 4 rings (SSSR count). The predicted molar refractivity (Wildman–Crippen MR) is 107 cm³/mol. The molecule has 0 radical (unpaired) electrons. The first-order chi connectivity index (χ1) is 13.3. The normalized spacial score (nSPS) is 15.3. The van der Waals surface area contributed by atoms with Gasteiger partial charge < -0.3 is 9.73 Å². The molecule has 1 fully saturated rings. The molecule has 1 aromatic carbocycles. The Morgan fingerprint density at radius 2 is 2.04 bits per heavy atom. The molecule has 0 unspecified atom stereocenters. The van der Waals surface area contributed by atoms with Gasteiger partial charge in [0.15, 0.2) is 0 Å². The molecule has 27 heavy (non-hydrogen) atoms. The monoisotopic (exact) mass is 402 g/mol. The fourth-order valence-corrected chi connectivity index (χ4v) is 4.84. The van der Waals surface area contributed by atoms with Gasteiger partial charge in [-0.1, -0.05) is 43.2 Å². The van der Waals surface area contributed by atoms with Crippen molar-refractivity contribution in [2.24, 2.45) is 0 Å². The van der Waals surface area contributed by atoms with Gasteiger partial charge in [0, 0.05) is 18.9 Å². The van der Waals surface area contributed by atoms with E-state index in [1.165, 1.54) is 35.7 Å². The van der Waals surface area contributed by atoms with Gasteiger partial charge in [0.25, 0.3) is 5.22 Å². The van der Waals surface area contributed by atoms with Gasteiger partial charge in [-0.05, 0) is 25.0 Å². The van der Waals surface area contributed by atoms with E-state index in [2.05, 4.69) is 26.6 Å². The van der Waals surface area contributed by atoms with E-state index >= 15 is 0 Å². The minimum Gasteiger partial charge on any atom is -0.416 e. The molecule has 142 valence electrons. The number of nitrogens with one attached hydrogen (secondary N) is 1. The summed E-state index contributed by atoms with van der Waals surface area (Å²) in [5.74, 6) is 0.946. The Labute approximate surface area is 166 Å². The number of thiazole rings is 1. The zero-order chi connectivity index (χ0) is 18.5. The summed E-state index contributed by atoms with van der Waals surface area (Å²) in [6, 6.07) is 8.46. The van der Waals surface area contributed by atoms with Crippen molar-refractivity contribution in [1.82, 2.24) is 20.5 Å². The van der Waals surface area contributed by atoms with E-state index in [0.29, 0.717) is 29.3 Å². The van der Waals surface area contributed by atoms with E-state index in [1.54, 1.807) is 11.3 Å². The molecule has 0 saturated heterocycles. The van der Waals surface area contributed by atoms with Crippen molar-refractivity contribution in [2.45, 2.75) is 56.2 Å². The van der Waals surface area contributed by atoms with Gasteiger partial charge in [0.2, 0.25) is 11.8 Å². The Balaban J connectivity index is 1.24. The van der Waals surface area contributed by atoms with Gasteiger partial charge in [-0.25, -0.2) is 4.98 Å². The molecule has 1 saturated carbocycles. The summed E-state index contributed by atoms with van der Waals surface area (Å²) in [6.07, 6.45) is 7.30. The SMILES string of the molecule is O=C(CSc1nnc(CCc2nc3ccccc3s2)o1)NC1CCCCC1. The Morgan fingerprint density at radius 1 is 1.19 bits per heavy atom. The number of thioether (sulfide) groups is 1. The smallest absolute Gasteiger partial charge is 0.277 e. The van der Waals surface area contributed by atoms with Crippen molar-refractivity contribution in [2.75, 3.05) is 5.75 Å². The van der Waals surface area contributed by atoms with E-state index in [0.717, 1.165) is 29.8 Å². The van der Waals surface area contributed by atoms with Crippen LogP contribution < -0.4 is 5.32 Å². The highest BCUT2D eigenvalue weighted by Crippen LogP contribution is 2.23. The van der Waals surface area contributed by atoms with Crippen LogP contribution in [-0.4, -0.2) is 32.9 Å². The Bertz CT molecular complexity index is 869. The van der Waals surface area contributed by atoms with Crippen LogP contribution in [0.3, 0.4) is 0 Å². The fraction of sp³-hybridized carbons (Fsp3) is 0.474. The van der Waals surface area contributed by atoms with Crippen molar-refractivity contribution in [3.63, 3.8) is 0 Å². The van der Waals surface area contributed by atoms with Gasteiger partial charge >= 0.3 is 0 Å². The van der Waals surface area contributed by atoms with Crippen LogP contribution in [-0.2, 0) is 17.6 Å². The van der Waals surface area contributed by atoms with E-state index in [9.17, 15) is 4.79 Å². The molecule has 0 atom stereocenters. The number of hydrogen-bond acceptors (Lipinski definition) is 7. The fourth-order valence-electron chi connectivity index (χ4n) is 3.28. The first-order valence-corrected chi connectivity index (χ1v) is 11.2. The number of nitrogens with zero attached hydrogens (tertiary/aromatic N) is 3. The van der Waals surface area contributed by atoms with Gasteiger partial charge in [0.05, 0.1) is 21.0 Å². The third-order valence-corrected chi connectivity index (χ3v) is 6.55. The lowest BCUT2D eigenvalue weighted by Crippen LogP contribution is -2.37. The van der Waals surface area contributed by atoms with Crippen molar-refractivity contribution >= 4 is 39.2 Å². The van der Waals surface area contributed by atoms with Crippen LogP contribution in [0.25, 0.3) is 10.2 Å². The molecule has 0 bridgehead atoms. The first-order valence-electron chi connectivity index (χ1n) is 9.35. The number of benzene rings is 1. The Kier molecular flexibility index (Phi) is 6.03. The van der Waals surface area contributed by atoms with Gasteiger partial charge in [0.1, 0.15) is 0 Å². The molecule has 8 heteroatoms. The van der Waals surface area contributed by atoms with Crippen molar-refractivity contribution < 1.29 is 9.21 Å². The van der Waals surface area contributed by atoms with Crippen molar-refractivity contribution in [3.05, 3.63) is 35.2 Å². The average Bonchev–Trinajstić information content (AvgIpc) is 3.32. The molecule has 0 aliphatic heterocycles. The Hall–Kier alpha value is -1.93. The van der Waals surface area contributed by atoms with Crippen LogP contribution in [0, 0.1) is 0 Å². The van der Waals surface area contributed by atoms with Crippen LogP contribution in [0.4, 0.5) is 0 Å². The zero-order valence-electron chi connectivity index (χ0n) is 15.0. The maximum atomic E-state index is 12.1. The molecule has 2 aromatic heterocycles. The molecule has 1 aliphatic carbocycles. The van der Waals surface area contributed by atoms with Crippen LogP contribution in [0.1, 0.15) is 43.0 Å². The highest BCUT2D eigenvalue weighted by Gasteiger charge is 2.17. The number of fused-ring (bicyclic) bond motifs is 1. The van der Waals surface area contributed by atoms with Gasteiger partial charge in [-0.15, -0.1) is 21.5 Å². The van der Waals surface area contributed by atoms with E-state index in [4.69, 9.17) is 4.42 Å². The minimum atomic E-state index is 0.0427. The zero-order valence-corrected chi connectivity index (χ0v) is 16.7. The molecule has 0 spiro atoms. The number of para-hydroxylation sites is 1. The summed E-state index contributed by atoms with van der Waals surface area (Å²) in [5.41, 5.74) is 1.03. The minimum absolute atomic E-state index is 0.0427. The number of amides is 1. The number of aryl methyl sites for hydroxylation is 2. The average molecular weight is 403 g/mol. The second-order valence-corrected chi connectivity index (χ2v) is 8.77. The lowest BCUT2D eigenvalue weighted by molar-refractivity contribution is -0.119. The van der Waals surface area contributed by atoms with Crippen molar-refractivity contribution in [3.8, 4) is 0 Å². The lowest BCUT2D eigenvalue weighted by atomic mass is 9.95. The number of aromatic nitrogens is 3. The number of rotatable bonds is 7. The summed E-state index contributed by atoms with van der Waals surface area (Å²) in [7, 11) is 0. The Morgan fingerprint density at radius 3 is 2.89 bits per heavy atom. The molecule has 1 aliphatic rings. The number of carbonyl (C=O) groups excluding carboxylic acids is 1. The van der Waals surface area contributed by atoms with Crippen LogP contribution in [0.5, 0.6) is 0 Å². The molecular weight excluding hydrogens is 380 g/mol. The topological polar surface area (TPSA) is 80.9 Å². The second kappa shape index (κ2) is 8.84. The third-order valence-electron chi connectivity index (χ3n) is 4.64. The summed E-state index contributed by atoms with van der Waals surface area (Å²) in [4.78, 5) is 16.7. The summed E-state index contributed by atoms with van der Waals surface area (Å²) in [6.45, 7) is 0. The summed E-state index contributed by atoms with van der Waals surface area (Å²) >= 11 is 2.99. The number of carbonyl (C=O) groups is 1. The molecule has 1 N–H and O–H groups in total. The quantitative estimate of drug-likeness (QED) is 0.602. The summed E-state index contributed by atoms with van der Waals surface area (Å²) in [5, 5.41) is 12.7. The lowest BCUT2D eigenvalue weighted by Gasteiger charge is -2.22. The van der Waals surface area contributed by atoms with Gasteiger partial charge in [-0.3, -0.25) is 4.79 Å². The first kappa shape index (κ1) is 18.4. The highest BCUT2D eigenvalue weighted by atomic mass is 32.2. The van der Waals surface area contributed by atoms with Crippen LogP contribution in [0.15, 0.2) is 33.9 Å². The predicted octanol–water partition coefficient (Wildman–Crippen LogP) is 4.01. The standard InChI is InChI=1S/C19H22N4O2S2/c24-16(20-13-6-2-1-3-7-13)12-26-19-23-22-17(25-19)10-11-18-21-14-8-4-5-9-15(14)27-18/h4-5,8-9,13H,1-3,6-7,10-12H2,(H,20,24). The second-order valence-electron chi connectivity index (χ2n) is 6.73. The maximum Gasteiger partial charge on any atom is 0.277 e. The van der Waals surface area contributed by atoms with Crippen LogP contribution >= 0.6 is 23.1 Å². The molecule has 1 amide bonds. The summed E-state index contributed by atoms with van der Waals surface area (Å²) < 4.78 is 6.85. The highest BCUT2D eigenvalue weighted by molar-refractivity contribution is 7.99. The molecular formula is C19H22N4O2S2. The van der Waals surface area contributed by atoms with Gasteiger partial charge in [-0.2, -0.15) is 0 Å². The van der Waals surface area contributed by atoms with E-state index < -0.39 is 0 Å². The molecule has 6 nitrogen and oxygen atoms in total. The van der Waals surface area contributed by atoms with E-state index in [-0.39, 0.29) is 5.91 Å². The molecule has 2 heterocycles. The third kappa shape index (κ3) is 5.07. The van der Waals surface area contributed by atoms with Crippen LogP contribution in [0.2, 0.25) is 0 Å². The largest absolute Gasteiger partial charge is 0.416 e. The number of hydrogen-bond donors (Lipinski definition) is 1. The van der Waals surface area contributed by atoms with Crippen molar-refractivity contribution in [1.29, 1.82) is 0 Å². The molecule has 3 aromatic rings. The maximum absolute atomic E-state index is 12.1. The van der Waals surface area contributed by atoms with E-state index in [1.807, 2.05) is 18.2 Å².